The van der Waals surface area contributed by atoms with Crippen LogP contribution in [0.15, 0.2) is 24.3 Å². The van der Waals surface area contributed by atoms with Crippen LogP contribution < -0.4 is 10.6 Å². The smallest absolute Gasteiger partial charge is 0.292 e. The maximum atomic E-state index is 12.0. The summed E-state index contributed by atoms with van der Waals surface area (Å²) in [7, 11) is 1.95. The topological polar surface area (TPSA) is 87.5 Å². The van der Waals surface area contributed by atoms with Gasteiger partial charge in [0.05, 0.1) is 11.5 Å². The number of benzene rings is 1. The number of halogens is 1. The number of amides is 1. The molecule has 0 atom stereocenters. The fourth-order valence-corrected chi connectivity index (χ4v) is 2.51. The van der Waals surface area contributed by atoms with E-state index in [0.29, 0.717) is 6.04 Å². The molecule has 0 saturated carbocycles. The Morgan fingerprint density at radius 3 is 2.59 bits per heavy atom. The lowest BCUT2D eigenvalue weighted by Gasteiger charge is -2.31. The molecule has 7 nitrogen and oxygen atoms in total. The number of piperidine rings is 1. The van der Waals surface area contributed by atoms with Gasteiger partial charge in [0.25, 0.3) is 5.69 Å². The van der Waals surface area contributed by atoms with Crippen molar-refractivity contribution in [1.29, 1.82) is 0 Å². The van der Waals surface area contributed by atoms with Crippen molar-refractivity contribution in [3.63, 3.8) is 0 Å². The van der Waals surface area contributed by atoms with Crippen LogP contribution in [0.3, 0.4) is 0 Å². The summed E-state index contributed by atoms with van der Waals surface area (Å²) in [6, 6.07) is 6.69. The molecule has 1 aliphatic rings. The molecular weight excluding hydrogens is 308 g/mol. The maximum Gasteiger partial charge on any atom is 0.292 e. The molecule has 1 fully saturated rings. The number of nitrogens with one attached hydrogen (secondary N) is 2. The molecule has 1 heterocycles. The number of nitrogens with zero attached hydrogens (tertiary/aromatic N) is 2. The summed E-state index contributed by atoms with van der Waals surface area (Å²) in [5.74, 6) is -0.216. The Labute approximate surface area is 135 Å². The van der Waals surface area contributed by atoms with Gasteiger partial charge in [-0.2, -0.15) is 0 Å². The Morgan fingerprint density at radius 1 is 1.36 bits per heavy atom. The standard InChI is InChI=1S/C14H20N4O3.ClH/c1-15-11-6-8-17(9-7-11)10-14(19)16-12-4-2-3-5-13(12)18(20)21;/h2-5,11,15H,6-10H2,1H3,(H,16,19);1H. The Hall–Kier alpha value is -1.70. The van der Waals surface area contributed by atoms with E-state index < -0.39 is 4.92 Å². The number of nitro groups is 1. The zero-order valence-corrected chi connectivity index (χ0v) is 13.3. The second-order valence-electron chi connectivity index (χ2n) is 5.16. The second-order valence-corrected chi connectivity index (χ2v) is 5.16. The summed E-state index contributed by atoms with van der Waals surface area (Å²) in [4.78, 5) is 24.5. The number of hydrogen-bond donors (Lipinski definition) is 2. The lowest BCUT2D eigenvalue weighted by atomic mass is 10.1. The van der Waals surface area contributed by atoms with E-state index in [-0.39, 0.29) is 36.2 Å². The summed E-state index contributed by atoms with van der Waals surface area (Å²) < 4.78 is 0. The summed E-state index contributed by atoms with van der Waals surface area (Å²) in [5.41, 5.74) is 0.164. The highest BCUT2D eigenvalue weighted by molar-refractivity contribution is 5.94. The van der Waals surface area contributed by atoms with Crippen molar-refractivity contribution in [1.82, 2.24) is 10.2 Å². The largest absolute Gasteiger partial charge is 0.319 e. The van der Waals surface area contributed by atoms with Gasteiger partial charge in [-0.05, 0) is 26.0 Å². The molecule has 0 radical (unpaired) electrons. The molecule has 1 aliphatic heterocycles. The van der Waals surface area contributed by atoms with E-state index in [4.69, 9.17) is 0 Å². The van der Waals surface area contributed by atoms with Crippen LogP contribution >= 0.6 is 12.4 Å². The van der Waals surface area contributed by atoms with Crippen LogP contribution in [0.2, 0.25) is 0 Å². The maximum absolute atomic E-state index is 12.0. The van der Waals surface area contributed by atoms with Crippen molar-refractivity contribution >= 4 is 29.7 Å². The van der Waals surface area contributed by atoms with E-state index in [1.807, 2.05) is 7.05 Å². The molecule has 22 heavy (non-hydrogen) atoms. The van der Waals surface area contributed by atoms with E-state index in [2.05, 4.69) is 15.5 Å². The molecule has 2 N–H and O–H groups in total. The van der Waals surface area contributed by atoms with Crippen molar-refractivity contribution in [2.45, 2.75) is 18.9 Å². The highest BCUT2D eigenvalue weighted by atomic mass is 35.5. The van der Waals surface area contributed by atoms with Gasteiger partial charge in [-0.15, -0.1) is 12.4 Å². The molecule has 0 spiro atoms. The van der Waals surface area contributed by atoms with E-state index in [9.17, 15) is 14.9 Å². The average Bonchev–Trinajstić information content (AvgIpc) is 2.48. The third-order valence-electron chi connectivity index (χ3n) is 3.74. The number of anilines is 1. The first kappa shape index (κ1) is 18.3. The van der Waals surface area contributed by atoms with Gasteiger partial charge in [-0.1, -0.05) is 12.1 Å². The molecule has 2 rings (SSSR count). The zero-order valence-electron chi connectivity index (χ0n) is 12.4. The Morgan fingerprint density at radius 2 is 2.00 bits per heavy atom. The Bertz CT molecular complexity index is 519. The summed E-state index contributed by atoms with van der Waals surface area (Å²) in [5, 5.41) is 16.8. The van der Waals surface area contributed by atoms with Crippen LogP contribution in [0.25, 0.3) is 0 Å². The van der Waals surface area contributed by atoms with E-state index in [0.717, 1.165) is 25.9 Å². The lowest BCUT2D eigenvalue weighted by molar-refractivity contribution is -0.383. The van der Waals surface area contributed by atoms with Gasteiger partial charge in [0.1, 0.15) is 5.69 Å². The highest BCUT2D eigenvalue weighted by Gasteiger charge is 2.21. The van der Waals surface area contributed by atoms with Crippen molar-refractivity contribution in [3.8, 4) is 0 Å². The fraction of sp³-hybridized carbons (Fsp3) is 0.500. The summed E-state index contributed by atoms with van der Waals surface area (Å²) >= 11 is 0. The molecular formula is C14H21ClN4O3. The number of carbonyl (C=O) groups is 1. The lowest BCUT2D eigenvalue weighted by Crippen LogP contribution is -2.44. The quantitative estimate of drug-likeness (QED) is 0.633. The van der Waals surface area contributed by atoms with Crippen LogP contribution in [0.5, 0.6) is 0 Å². The zero-order chi connectivity index (χ0) is 15.2. The molecule has 0 aliphatic carbocycles. The average molecular weight is 329 g/mol. The molecule has 1 aromatic carbocycles. The summed E-state index contributed by atoms with van der Waals surface area (Å²) in [6.45, 7) is 1.98. The minimum absolute atomic E-state index is 0. The minimum Gasteiger partial charge on any atom is -0.319 e. The number of hydrogen-bond acceptors (Lipinski definition) is 5. The van der Waals surface area contributed by atoms with Gasteiger partial charge in [-0.25, -0.2) is 0 Å². The number of carbonyl (C=O) groups excluding carboxylic acids is 1. The molecule has 122 valence electrons. The van der Waals surface area contributed by atoms with Gasteiger partial charge in [0.2, 0.25) is 5.91 Å². The Kier molecular flexibility index (Phi) is 7.23. The summed E-state index contributed by atoms with van der Waals surface area (Å²) in [6.07, 6.45) is 2.02. The Balaban J connectivity index is 0.00000242. The van der Waals surface area contributed by atoms with Crippen molar-refractivity contribution in [2.24, 2.45) is 0 Å². The number of rotatable bonds is 5. The SMILES string of the molecule is CNC1CCN(CC(=O)Nc2ccccc2[N+](=O)[O-])CC1.Cl. The highest BCUT2D eigenvalue weighted by Crippen LogP contribution is 2.23. The van der Waals surface area contributed by atoms with E-state index in [1.54, 1.807) is 18.2 Å². The normalized spacial score (nSPS) is 15.9. The van der Waals surface area contributed by atoms with E-state index >= 15 is 0 Å². The number of likely N-dealkylation sites (tertiary alicyclic amines) is 1. The molecule has 0 unspecified atom stereocenters. The minimum atomic E-state index is -0.492. The van der Waals surface area contributed by atoms with Crippen molar-refractivity contribution < 1.29 is 9.72 Å². The molecule has 8 heteroatoms. The van der Waals surface area contributed by atoms with Crippen LogP contribution in [-0.4, -0.2) is 48.5 Å². The molecule has 0 bridgehead atoms. The predicted octanol–water partition coefficient (Wildman–Crippen LogP) is 1.64. The van der Waals surface area contributed by atoms with Gasteiger partial charge >= 0.3 is 0 Å². The van der Waals surface area contributed by atoms with Crippen LogP contribution in [-0.2, 0) is 4.79 Å². The first-order valence-corrected chi connectivity index (χ1v) is 7.03. The predicted molar refractivity (Wildman–Crippen MR) is 87.5 cm³/mol. The number of para-hydroxylation sites is 2. The van der Waals surface area contributed by atoms with Gasteiger partial charge in [-0.3, -0.25) is 19.8 Å². The third-order valence-corrected chi connectivity index (χ3v) is 3.74. The van der Waals surface area contributed by atoms with Crippen LogP contribution in [0, 0.1) is 10.1 Å². The fourth-order valence-electron chi connectivity index (χ4n) is 2.51. The monoisotopic (exact) mass is 328 g/mol. The molecule has 0 aromatic heterocycles. The third kappa shape index (κ3) is 4.94. The van der Waals surface area contributed by atoms with Crippen LogP contribution in [0.4, 0.5) is 11.4 Å². The van der Waals surface area contributed by atoms with Crippen molar-refractivity contribution in [3.05, 3.63) is 34.4 Å². The van der Waals surface area contributed by atoms with Gasteiger partial charge < -0.3 is 10.6 Å². The van der Waals surface area contributed by atoms with Crippen molar-refractivity contribution in [2.75, 3.05) is 32.0 Å². The van der Waals surface area contributed by atoms with E-state index in [1.165, 1.54) is 6.07 Å². The first-order valence-electron chi connectivity index (χ1n) is 7.03. The van der Waals surface area contributed by atoms with Crippen LogP contribution in [0.1, 0.15) is 12.8 Å². The second kappa shape index (κ2) is 8.67. The molecule has 1 amide bonds. The number of nitro benzene ring substituents is 1. The van der Waals surface area contributed by atoms with Gasteiger partial charge in [0, 0.05) is 25.2 Å². The molecule has 1 saturated heterocycles. The van der Waals surface area contributed by atoms with Gasteiger partial charge in [0.15, 0.2) is 0 Å². The first-order chi connectivity index (χ1) is 10.1. The molecule has 1 aromatic rings.